The average Bonchev–Trinajstić information content (AvgIpc) is 2.73. The number of hydrogen-bond acceptors (Lipinski definition) is 4. The fourth-order valence-corrected chi connectivity index (χ4v) is 1.54. The van der Waals surface area contributed by atoms with Crippen LogP contribution in [-0.4, -0.2) is 19.7 Å². The standard InChI is InChI=1S/C10H7F3N4O2/c1-16-5-14-9(15-16)7-3-2-6(17(18)19)4-8(7)10(11,12)13/h2-5H,1H3. The van der Waals surface area contributed by atoms with Crippen molar-refractivity contribution in [2.24, 2.45) is 7.05 Å². The first-order chi connectivity index (χ1) is 8.79. The van der Waals surface area contributed by atoms with E-state index in [0.717, 1.165) is 12.1 Å². The molecule has 1 heterocycles. The van der Waals surface area contributed by atoms with Crippen LogP contribution in [0.1, 0.15) is 5.56 Å². The van der Waals surface area contributed by atoms with E-state index in [4.69, 9.17) is 0 Å². The number of nitro benzene ring substituents is 1. The molecule has 0 saturated heterocycles. The summed E-state index contributed by atoms with van der Waals surface area (Å²) in [5.41, 5.74) is -2.06. The Bertz CT molecular complexity index is 636. The third-order valence-corrected chi connectivity index (χ3v) is 2.36. The maximum Gasteiger partial charge on any atom is 0.417 e. The van der Waals surface area contributed by atoms with Gasteiger partial charge in [-0.3, -0.25) is 14.8 Å². The van der Waals surface area contributed by atoms with Crippen LogP contribution in [0.5, 0.6) is 0 Å². The van der Waals surface area contributed by atoms with Gasteiger partial charge in [0.1, 0.15) is 6.33 Å². The Kier molecular flexibility index (Phi) is 2.97. The van der Waals surface area contributed by atoms with Crippen molar-refractivity contribution in [2.75, 3.05) is 0 Å². The predicted octanol–water partition coefficient (Wildman–Crippen LogP) is 2.41. The zero-order valence-electron chi connectivity index (χ0n) is 9.55. The maximum absolute atomic E-state index is 12.9. The number of hydrogen-bond donors (Lipinski definition) is 0. The van der Waals surface area contributed by atoms with Gasteiger partial charge >= 0.3 is 6.18 Å². The topological polar surface area (TPSA) is 73.8 Å². The summed E-state index contributed by atoms with van der Waals surface area (Å²) in [5, 5.41) is 14.3. The van der Waals surface area contributed by atoms with Crippen LogP contribution in [0.4, 0.5) is 18.9 Å². The highest BCUT2D eigenvalue weighted by Gasteiger charge is 2.36. The van der Waals surface area contributed by atoms with E-state index < -0.39 is 22.4 Å². The number of nitro groups is 1. The largest absolute Gasteiger partial charge is 0.417 e. The van der Waals surface area contributed by atoms with Crippen LogP contribution in [0.25, 0.3) is 11.4 Å². The molecular weight excluding hydrogens is 265 g/mol. The van der Waals surface area contributed by atoms with Crippen LogP contribution >= 0.6 is 0 Å². The van der Waals surface area contributed by atoms with Crippen molar-refractivity contribution in [3.8, 4) is 11.4 Å². The second-order valence-corrected chi connectivity index (χ2v) is 3.73. The van der Waals surface area contributed by atoms with Gasteiger partial charge in [-0.15, -0.1) is 0 Å². The van der Waals surface area contributed by atoms with Crippen molar-refractivity contribution in [3.05, 3.63) is 40.2 Å². The number of aryl methyl sites for hydroxylation is 1. The lowest BCUT2D eigenvalue weighted by Crippen LogP contribution is -2.08. The van der Waals surface area contributed by atoms with Gasteiger partial charge in [0.25, 0.3) is 5.69 Å². The molecule has 2 aromatic rings. The van der Waals surface area contributed by atoms with Gasteiger partial charge in [-0.25, -0.2) is 4.98 Å². The second kappa shape index (κ2) is 4.34. The summed E-state index contributed by atoms with van der Waals surface area (Å²) in [5.74, 6) is -0.135. The van der Waals surface area contributed by atoms with E-state index in [1.807, 2.05) is 0 Å². The van der Waals surface area contributed by atoms with Crippen LogP contribution in [0.15, 0.2) is 24.5 Å². The summed E-state index contributed by atoms with van der Waals surface area (Å²) >= 11 is 0. The molecule has 19 heavy (non-hydrogen) atoms. The summed E-state index contributed by atoms with van der Waals surface area (Å²) in [7, 11) is 1.51. The molecule has 0 spiro atoms. The molecule has 0 bridgehead atoms. The lowest BCUT2D eigenvalue weighted by molar-refractivity contribution is -0.385. The molecule has 0 radical (unpaired) electrons. The molecule has 9 heteroatoms. The van der Waals surface area contributed by atoms with E-state index in [-0.39, 0.29) is 11.4 Å². The minimum atomic E-state index is -4.72. The Morgan fingerprint density at radius 3 is 2.53 bits per heavy atom. The Morgan fingerprint density at radius 2 is 2.05 bits per heavy atom. The van der Waals surface area contributed by atoms with Crippen LogP contribution < -0.4 is 0 Å². The van der Waals surface area contributed by atoms with Gasteiger partial charge in [0.2, 0.25) is 0 Å². The summed E-state index contributed by atoms with van der Waals surface area (Å²) in [6.07, 6.45) is -3.47. The number of alkyl halides is 3. The van der Waals surface area contributed by atoms with Crippen molar-refractivity contribution < 1.29 is 18.1 Å². The summed E-state index contributed by atoms with van der Waals surface area (Å²) in [6.45, 7) is 0. The normalized spacial score (nSPS) is 11.6. The molecule has 0 atom stereocenters. The van der Waals surface area contributed by atoms with Gasteiger partial charge in [-0.2, -0.15) is 18.3 Å². The highest BCUT2D eigenvalue weighted by atomic mass is 19.4. The molecule has 1 aromatic carbocycles. The Labute approximate surface area is 104 Å². The van der Waals surface area contributed by atoms with E-state index in [0.29, 0.717) is 6.07 Å². The molecule has 0 N–H and O–H groups in total. The molecule has 6 nitrogen and oxygen atoms in total. The third kappa shape index (κ3) is 2.54. The SMILES string of the molecule is Cn1cnc(-c2ccc([N+](=O)[O-])cc2C(F)(F)F)n1. The van der Waals surface area contributed by atoms with Crippen LogP contribution in [0, 0.1) is 10.1 Å². The van der Waals surface area contributed by atoms with Gasteiger partial charge in [0, 0.05) is 24.7 Å². The quantitative estimate of drug-likeness (QED) is 0.621. The fraction of sp³-hybridized carbons (Fsp3) is 0.200. The van der Waals surface area contributed by atoms with Crippen molar-refractivity contribution in [1.29, 1.82) is 0 Å². The number of nitrogens with zero attached hydrogens (tertiary/aromatic N) is 4. The minimum absolute atomic E-state index is 0.135. The smallest absolute Gasteiger partial charge is 0.258 e. The van der Waals surface area contributed by atoms with Crippen LogP contribution in [0.2, 0.25) is 0 Å². The summed E-state index contributed by atoms with van der Waals surface area (Å²) in [4.78, 5) is 13.4. The summed E-state index contributed by atoms with van der Waals surface area (Å²) in [6, 6.07) is 2.46. The molecule has 0 aliphatic carbocycles. The summed E-state index contributed by atoms with van der Waals surface area (Å²) < 4.78 is 39.9. The number of halogens is 3. The van der Waals surface area contributed by atoms with Crippen molar-refractivity contribution in [1.82, 2.24) is 14.8 Å². The number of benzene rings is 1. The van der Waals surface area contributed by atoms with E-state index in [9.17, 15) is 23.3 Å². The Morgan fingerprint density at radius 1 is 1.37 bits per heavy atom. The highest BCUT2D eigenvalue weighted by molar-refractivity contribution is 5.63. The monoisotopic (exact) mass is 272 g/mol. The third-order valence-electron chi connectivity index (χ3n) is 2.36. The first-order valence-electron chi connectivity index (χ1n) is 5.00. The first-order valence-corrected chi connectivity index (χ1v) is 5.00. The van der Waals surface area contributed by atoms with Gasteiger partial charge in [-0.1, -0.05) is 0 Å². The van der Waals surface area contributed by atoms with Gasteiger partial charge in [-0.05, 0) is 6.07 Å². The lowest BCUT2D eigenvalue weighted by Gasteiger charge is -2.10. The Balaban J connectivity index is 2.64. The molecule has 0 aliphatic heterocycles. The molecule has 0 aliphatic rings. The molecule has 2 rings (SSSR count). The average molecular weight is 272 g/mol. The number of non-ortho nitro benzene ring substituents is 1. The highest BCUT2D eigenvalue weighted by Crippen LogP contribution is 2.37. The van der Waals surface area contributed by atoms with Crippen LogP contribution in [-0.2, 0) is 13.2 Å². The molecule has 0 saturated carbocycles. The predicted molar refractivity (Wildman–Crippen MR) is 58.1 cm³/mol. The van der Waals surface area contributed by atoms with Crippen molar-refractivity contribution >= 4 is 5.69 Å². The molecule has 0 amide bonds. The molecule has 1 aromatic heterocycles. The molecule has 0 unspecified atom stereocenters. The van der Waals surface area contributed by atoms with Gasteiger partial charge in [0.15, 0.2) is 5.82 Å². The lowest BCUT2D eigenvalue weighted by atomic mass is 10.1. The fourth-order valence-electron chi connectivity index (χ4n) is 1.54. The maximum atomic E-state index is 12.9. The molecular formula is C10H7F3N4O2. The zero-order chi connectivity index (χ0) is 14.2. The van der Waals surface area contributed by atoms with Crippen LogP contribution in [0.3, 0.4) is 0 Å². The zero-order valence-corrected chi connectivity index (χ0v) is 9.55. The van der Waals surface area contributed by atoms with Gasteiger partial charge < -0.3 is 0 Å². The van der Waals surface area contributed by atoms with E-state index in [2.05, 4.69) is 10.1 Å². The van der Waals surface area contributed by atoms with E-state index in [1.54, 1.807) is 0 Å². The van der Waals surface area contributed by atoms with Crippen molar-refractivity contribution in [3.63, 3.8) is 0 Å². The van der Waals surface area contributed by atoms with E-state index in [1.165, 1.54) is 18.1 Å². The van der Waals surface area contributed by atoms with Crippen molar-refractivity contribution in [2.45, 2.75) is 6.18 Å². The molecule has 100 valence electrons. The minimum Gasteiger partial charge on any atom is -0.258 e. The Hall–Kier alpha value is -2.45. The second-order valence-electron chi connectivity index (χ2n) is 3.73. The molecule has 0 fully saturated rings. The number of aromatic nitrogens is 3. The first kappa shape index (κ1) is 13.0. The van der Waals surface area contributed by atoms with Gasteiger partial charge in [0.05, 0.1) is 10.5 Å². The number of rotatable bonds is 2. The van der Waals surface area contributed by atoms with E-state index >= 15 is 0 Å².